The summed E-state index contributed by atoms with van der Waals surface area (Å²) in [5.74, 6) is -2.01. The van der Waals surface area contributed by atoms with Gasteiger partial charge in [-0.2, -0.15) is 0 Å². The Kier molecular flexibility index (Phi) is 7.06. The molecule has 186 valence electrons. The third-order valence-electron chi connectivity index (χ3n) is 8.70. The molecule has 2 aliphatic heterocycles. The van der Waals surface area contributed by atoms with Gasteiger partial charge >= 0.3 is 17.9 Å². The van der Waals surface area contributed by atoms with Gasteiger partial charge in [0.1, 0.15) is 18.3 Å². The molecule has 0 amide bonds. The van der Waals surface area contributed by atoms with Crippen LogP contribution < -0.4 is 0 Å². The zero-order valence-electron chi connectivity index (χ0n) is 20.3. The molecule has 0 aromatic heterocycles. The van der Waals surface area contributed by atoms with Crippen LogP contribution in [0.4, 0.5) is 0 Å². The van der Waals surface area contributed by atoms with Crippen LogP contribution in [0.2, 0.25) is 0 Å². The molecule has 4 fully saturated rings. The second-order valence-corrected chi connectivity index (χ2v) is 10.9. The number of hydrogen-bond acceptors (Lipinski definition) is 8. The maximum absolute atomic E-state index is 13.1. The summed E-state index contributed by atoms with van der Waals surface area (Å²) in [7, 11) is 0. The highest BCUT2D eigenvalue weighted by molar-refractivity contribution is 5.76. The van der Waals surface area contributed by atoms with Gasteiger partial charge in [0.15, 0.2) is 0 Å². The Balaban J connectivity index is 1.71. The third-order valence-corrected chi connectivity index (χ3v) is 8.70. The molecule has 2 heterocycles. The van der Waals surface area contributed by atoms with Gasteiger partial charge in [0, 0.05) is 44.1 Å². The highest BCUT2D eigenvalue weighted by Crippen LogP contribution is 2.59. The number of aliphatic hydroxyl groups is 1. The number of fused-ring (bicyclic) bond motifs is 2. The van der Waals surface area contributed by atoms with E-state index in [1.54, 1.807) is 0 Å². The third kappa shape index (κ3) is 4.53. The Morgan fingerprint density at radius 3 is 2.33 bits per heavy atom. The number of nitrogens with zero attached hydrogens (tertiary/aromatic N) is 1. The highest BCUT2D eigenvalue weighted by Gasteiger charge is 2.67. The fraction of sp³-hybridized carbons (Fsp3) is 0.880. The van der Waals surface area contributed by atoms with Crippen LogP contribution in [0.3, 0.4) is 0 Å². The molecule has 0 bridgehead atoms. The van der Waals surface area contributed by atoms with Crippen molar-refractivity contribution in [3.8, 4) is 0 Å². The summed E-state index contributed by atoms with van der Waals surface area (Å²) in [4.78, 5) is 39.6. The predicted molar refractivity (Wildman–Crippen MR) is 119 cm³/mol. The molecule has 3 unspecified atom stereocenters. The SMILES string of the molecule is CC(=O)OC1C[C@H](O)[C@]2(C)C1[C@H](C)C[C@@H]1OC(=O)C(CN3CCCCCC3)[C@H]1[C@@H]2OC(C)=O. The fourth-order valence-electron chi connectivity index (χ4n) is 7.38. The van der Waals surface area contributed by atoms with Crippen LogP contribution in [0.1, 0.15) is 66.2 Å². The standard InChI is InChI=1S/C25H39NO7/c1-14-11-18-21(17(24(30)33-18)13-26-9-7-5-6-8-10-26)23(32-16(3)28)25(4)20(29)12-19(22(14)25)31-15(2)27/h14,17-23,29H,5-13H2,1-4H3/t14-,17?,18+,19?,20+,21-,22?,23+,25-/m1/s1. The summed E-state index contributed by atoms with van der Waals surface area (Å²) in [5.41, 5.74) is -0.852. The molecular weight excluding hydrogens is 426 g/mol. The monoisotopic (exact) mass is 465 g/mol. The normalized spacial score (nSPS) is 43.6. The van der Waals surface area contributed by atoms with Crippen LogP contribution in [0.5, 0.6) is 0 Å². The van der Waals surface area contributed by atoms with Crippen molar-refractivity contribution < 1.29 is 33.7 Å². The molecule has 4 aliphatic rings. The summed E-state index contributed by atoms with van der Waals surface area (Å²) < 4.78 is 17.6. The minimum absolute atomic E-state index is 0.00861. The van der Waals surface area contributed by atoms with Crippen molar-refractivity contribution in [1.29, 1.82) is 0 Å². The maximum atomic E-state index is 13.1. The van der Waals surface area contributed by atoms with E-state index in [4.69, 9.17) is 14.2 Å². The summed E-state index contributed by atoms with van der Waals surface area (Å²) in [5, 5.41) is 11.3. The lowest BCUT2D eigenvalue weighted by atomic mass is 9.66. The Labute approximate surface area is 196 Å². The van der Waals surface area contributed by atoms with Crippen molar-refractivity contribution >= 4 is 17.9 Å². The van der Waals surface area contributed by atoms with Crippen LogP contribution in [0, 0.1) is 29.1 Å². The number of carbonyl (C=O) groups is 3. The van der Waals surface area contributed by atoms with E-state index < -0.39 is 35.6 Å². The molecule has 8 heteroatoms. The quantitative estimate of drug-likeness (QED) is 0.499. The molecule has 0 radical (unpaired) electrons. The van der Waals surface area contributed by atoms with Gasteiger partial charge < -0.3 is 24.2 Å². The molecule has 8 nitrogen and oxygen atoms in total. The van der Waals surface area contributed by atoms with Crippen molar-refractivity contribution in [2.24, 2.45) is 29.1 Å². The van der Waals surface area contributed by atoms with Crippen molar-refractivity contribution in [2.75, 3.05) is 19.6 Å². The Bertz CT molecular complexity index is 764. The number of hydrogen-bond donors (Lipinski definition) is 1. The van der Waals surface area contributed by atoms with E-state index in [1.807, 2.05) is 6.92 Å². The Morgan fingerprint density at radius 1 is 1.09 bits per heavy atom. The average Bonchev–Trinajstić information content (AvgIpc) is 2.97. The number of rotatable bonds is 4. The molecule has 4 rings (SSSR count). The molecule has 0 spiro atoms. The predicted octanol–water partition coefficient (Wildman–Crippen LogP) is 2.31. The minimum atomic E-state index is -0.852. The van der Waals surface area contributed by atoms with E-state index >= 15 is 0 Å². The molecule has 0 aromatic carbocycles. The highest BCUT2D eigenvalue weighted by atomic mass is 16.6. The topological polar surface area (TPSA) is 102 Å². The molecule has 0 aromatic rings. The van der Waals surface area contributed by atoms with E-state index in [9.17, 15) is 19.5 Å². The maximum Gasteiger partial charge on any atom is 0.311 e. The van der Waals surface area contributed by atoms with Gasteiger partial charge in [-0.3, -0.25) is 14.4 Å². The fourth-order valence-corrected chi connectivity index (χ4v) is 7.38. The van der Waals surface area contributed by atoms with Crippen molar-refractivity contribution in [3.63, 3.8) is 0 Å². The van der Waals surface area contributed by atoms with Crippen LogP contribution in [0.15, 0.2) is 0 Å². The van der Waals surface area contributed by atoms with Crippen LogP contribution >= 0.6 is 0 Å². The second-order valence-electron chi connectivity index (χ2n) is 10.9. The summed E-state index contributed by atoms with van der Waals surface area (Å²) in [6.07, 6.45) is 3.15. The van der Waals surface area contributed by atoms with Crippen LogP contribution in [-0.2, 0) is 28.6 Å². The molecular formula is C25H39NO7. The van der Waals surface area contributed by atoms with E-state index in [2.05, 4.69) is 11.8 Å². The number of ether oxygens (including phenoxy) is 3. The Morgan fingerprint density at radius 2 is 1.73 bits per heavy atom. The summed E-state index contributed by atoms with van der Waals surface area (Å²) in [6.45, 7) is 9.22. The van der Waals surface area contributed by atoms with E-state index in [-0.39, 0.29) is 35.8 Å². The van der Waals surface area contributed by atoms with Gasteiger partial charge in [-0.05, 0) is 38.3 Å². The zero-order valence-corrected chi connectivity index (χ0v) is 20.3. The van der Waals surface area contributed by atoms with Crippen LogP contribution in [0.25, 0.3) is 0 Å². The van der Waals surface area contributed by atoms with E-state index in [0.717, 1.165) is 25.9 Å². The molecule has 33 heavy (non-hydrogen) atoms. The molecule has 9 atom stereocenters. The van der Waals surface area contributed by atoms with Gasteiger partial charge in [0.2, 0.25) is 0 Å². The van der Waals surface area contributed by atoms with Gasteiger partial charge in [0.25, 0.3) is 0 Å². The van der Waals surface area contributed by atoms with Gasteiger partial charge in [-0.15, -0.1) is 0 Å². The van der Waals surface area contributed by atoms with E-state index in [0.29, 0.717) is 19.4 Å². The number of esters is 3. The van der Waals surface area contributed by atoms with Gasteiger partial charge in [0.05, 0.1) is 12.0 Å². The minimum Gasteiger partial charge on any atom is -0.462 e. The average molecular weight is 466 g/mol. The number of aliphatic hydroxyl groups excluding tert-OH is 1. The Hall–Kier alpha value is -1.67. The first-order valence-corrected chi connectivity index (χ1v) is 12.6. The summed E-state index contributed by atoms with van der Waals surface area (Å²) in [6, 6.07) is 0. The molecule has 2 saturated carbocycles. The largest absolute Gasteiger partial charge is 0.462 e. The molecule has 2 saturated heterocycles. The molecule has 1 N–H and O–H groups in total. The first kappa shape index (κ1) is 24.5. The van der Waals surface area contributed by atoms with Crippen molar-refractivity contribution in [1.82, 2.24) is 4.90 Å². The van der Waals surface area contributed by atoms with Crippen molar-refractivity contribution in [3.05, 3.63) is 0 Å². The van der Waals surface area contributed by atoms with Crippen molar-refractivity contribution in [2.45, 2.75) is 90.6 Å². The lowest BCUT2D eigenvalue weighted by Crippen LogP contribution is -2.53. The lowest BCUT2D eigenvalue weighted by Gasteiger charge is -2.44. The summed E-state index contributed by atoms with van der Waals surface area (Å²) >= 11 is 0. The number of likely N-dealkylation sites (tertiary alicyclic amines) is 1. The van der Waals surface area contributed by atoms with E-state index in [1.165, 1.54) is 26.7 Å². The smallest absolute Gasteiger partial charge is 0.311 e. The lowest BCUT2D eigenvalue weighted by molar-refractivity contribution is -0.174. The van der Waals surface area contributed by atoms with Gasteiger partial charge in [-0.1, -0.05) is 26.7 Å². The number of carbonyl (C=O) groups excluding carboxylic acids is 3. The van der Waals surface area contributed by atoms with Gasteiger partial charge in [-0.25, -0.2) is 0 Å². The van der Waals surface area contributed by atoms with Crippen LogP contribution in [-0.4, -0.2) is 72.0 Å². The zero-order chi connectivity index (χ0) is 23.9. The first-order chi connectivity index (χ1) is 15.6. The second kappa shape index (κ2) is 9.53. The first-order valence-electron chi connectivity index (χ1n) is 12.6. The molecule has 2 aliphatic carbocycles.